The summed E-state index contributed by atoms with van der Waals surface area (Å²) in [6.45, 7) is 2.57. The summed E-state index contributed by atoms with van der Waals surface area (Å²) in [7, 11) is 0. The molecule has 2 heterocycles. The Morgan fingerprint density at radius 3 is 2.46 bits per heavy atom. The van der Waals surface area contributed by atoms with Gasteiger partial charge in [-0.15, -0.1) is 0 Å². The third-order valence-corrected chi connectivity index (χ3v) is 4.41. The lowest BCUT2D eigenvalue weighted by Gasteiger charge is -2.32. The van der Waals surface area contributed by atoms with Crippen molar-refractivity contribution in [3.05, 3.63) is 53.3 Å². The van der Waals surface area contributed by atoms with Gasteiger partial charge in [-0.1, -0.05) is 30.3 Å². The van der Waals surface area contributed by atoms with E-state index in [1.165, 1.54) is 5.56 Å². The van der Waals surface area contributed by atoms with Gasteiger partial charge in [0.05, 0.1) is 0 Å². The predicted molar refractivity (Wildman–Crippen MR) is 91.6 cm³/mol. The summed E-state index contributed by atoms with van der Waals surface area (Å²) in [5, 5.41) is 0. The summed E-state index contributed by atoms with van der Waals surface area (Å²) in [5.74, 6) is -1.95. The van der Waals surface area contributed by atoms with Crippen LogP contribution in [0.4, 0.5) is 14.7 Å². The predicted octanol–water partition coefficient (Wildman–Crippen LogP) is 4.20. The van der Waals surface area contributed by atoms with E-state index in [2.05, 4.69) is 34.2 Å². The van der Waals surface area contributed by atoms with Crippen LogP contribution in [0.3, 0.4) is 0 Å². The summed E-state index contributed by atoms with van der Waals surface area (Å²) >= 11 is 0. The number of hydrogen-bond donors (Lipinski definition) is 0. The van der Waals surface area contributed by atoms with Gasteiger partial charge in [-0.25, -0.2) is 18.7 Å². The number of anilines is 1. The van der Waals surface area contributed by atoms with Gasteiger partial charge in [0, 0.05) is 37.3 Å². The standard InChI is InChI=1S/C19H23F2N3/c1-15-14-17(9-5-8-16-6-3-2-4-7-16)23-18(22-15)24-12-10-19(20,21)11-13-24/h2-4,6-7,14H,5,8-13H2,1H3. The normalized spacial score (nSPS) is 17.0. The van der Waals surface area contributed by atoms with E-state index in [0.717, 1.165) is 30.7 Å². The molecule has 1 aliphatic heterocycles. The molecular weight excluding hydrogens is 308 g/mol. The van der Waals surface area contributed by atoms with E-state index < -0.39 is 5.92 Å². The molecule has 1 fully saturated rings. The van der Waals surface area contributed by atoms with Gasteiger partial charge in [0.25, 0.3) is 5.92 Å². The first kappa shape index (κ1) is 16.8. The average Bonchev–Trinajstić information content (AvgIpc) is 2.55. The summed E-state index contributed by atoms with van der Waals surface area (Å²) < 4.78 is 26.6. The minimum absolute atomic E-state index is 0.117. The molecule has 0 aliphatic carbocycles. The molecule has 1 aliphatic rings. The number of aromatic nitrogens is 2. The number of piperidine rings is 1. The lowest BCUT2D eigenvalue weighted by molar-refractivity contribution is -0.0222. The molecule has 0 bridgehead atoms. The molecule has 0 unspecified atom stereocenters. The molecule has 24 heavy (non-hydrogen) atoms. The second kappa shape index (κ2) is 7.24. The van der Waals surface area contributed by atoms with E-state index in [-0.39, 0.29) is 12.8 Å². The van der Waals surface area contributed by atoms with Crippen molar-refractivity contribution < 1.29 is 8.78 Å². The Kier molecular flexibility index (Phi) is 5.07. The minimum Gasteiger partial charge on any atom is -0.340 e. The number of benzene rings is 1. The molecule has 3 nitrogen and oxygen atoms in total. The van der Waals surface area contributed by atoms with Gasteiger partial charge in [-0.05, 0) is 37.8 Å². The molecule has 128 valence electrons. The number of rotatable bonds is 5. The fraction of sp³-hybridized carbons (Fsp3) is 0.474. The maximum absolute atomic E-state index is 13.3. The maximum atomic E-state index is 13.3. The summed E-state index contributed by atoms with van der Waals surface area (Å²) in [6.07, 6.45) is 2.66. The Morgan fingerprint density at radius 2 is 1.75 bits per heavy atom. The van der Waals surface area contributed by atoms with Gasteiger partial charge < -0.3 is 4.90 Å². The second-order valence-corrected chi connectivity index (χ2v) is 6.48. The number of alkyl halides is 2. The van der Waals surface area contributed by atoms with Crippen molar-refractivity contribution >= 4 is 5.95 Å². The van der Waals surface area contributed by atoms with Gasteiger partial charge >= 0.3 is 0 Å². The molecule has 1 aromatic carbocycles. The van der Waals surface area contributed by atoms with E-state index >= 15 is 0 Å². The highest BCUT2D eigenvalue weighted by Gasteiger charge is 2.34. The highest BCUT2D eigenvalue weighted by Crippen LogP contribution is 2.29. The monoisotopic (exact) mass is 331 g/mol. The van der Waals surface area contributed by atoms with Crippen LogP contribution in [-0.4, -0.2) is 29.0 Å². The van der Waals surface area contributed by atoms with Gasteiger partial charge in [-0.2, -0.15) is 0 Å². The van der Waals surface area contributed by atoms with Gasteiger partial charge in [0.2, 0.25) is 5.95 Å². The first-order valence-corrected chi connectivity index (χ1v) is 8.53. The van der Waals surface area contributed by atoms with E-state index in [1.54, 1.807) is 0 Å². The largest absolute Gasteiger partial charge is 0.340 e. The van der Waals surface area contributed by atoms with Crippen LogP contribution in [0.5, 0.6) is 0 Å². The quantitative estimate of drug-likeness (QED) is 0.822. The van der Waals surface area contributed by atoms with Crippen molar-refractivity contribution in [3.8, 4) is 0 Å². The molecule has 0 saturated carbocycles. The summed E-state index contributed by atoms with van der Waals surface area (Å²) in [6, 6.07) is 12.4. The third kappa shape index (κ3) is 4.49. The number of hydrogen-bond acceptors (Lipinski definition) is 3. The molecule has 0 radical (unpaired) electrons. The van der Waals surface area contributed by atoms with Gasteiger partial charge in [0.1, 0.15) is 0 Å². The Balaban J connectivity index is 1.61. The Morgan fingerprint density at radius 1 is 1.04 bits per heavy atom. The maximum Gasteiger partial charge on any atom is 0.251 e. The molecule has 1 aromatic heterocycles. The molecule has 0 N–H and O–H groups in total. The Hall–Kier alpha value is -2.04. The average molecular weight is 331 g/mol. The SMILES string of the molecule is Cc1cc(CCCc2ccccc2)nc(N2CCC(F)(F)CC2)n1. The minimum atomic E-state index is -2.54. The second-order valence-electron chi connectivity index (χ2n) is 6.48. The molecule has 1 saturated heterocycles. The van der Waals surface area contributed by atoms with Crippen LogP contribution < -0.4 is 4.90 Å². The van der Waals surface area contributed by atoms with Crippen LogP contribution >= 0.6 is 0 Å². The fourth-order valence-corrected chi connectivity index (χ4v) is 3.04. The van der Waals surface area contributed by atoms with Gasteiger partial charge in [-0.3, -0.25) is 0 Å². The van der Waals surface area contributed by atoms with Crippen LogP contribution in [0.15, 0.2) is 36.4 Å². The number of aryl methyl sites for hydroxylation is 3. The van der Waals surface area contributed by atoms with Gasteiger partial charge in [0.15, 0.2) is 0 Å². The topological polar surface area (TPSA) is 29.0 Å². The summed E-state index contributed by atoms with van der Waals surface area (Å²) in [5.41, 5.74) is 3.21. The molecule has 2 aromatic rings. The number of nitrogens with zero attached hydrogens (tertiary/aromatic N) is 3. The van der Waals surface area contributed by atoms with Crippen LogP contribution in [-0.2, 0) is 12.8 Å². The third-order valence-electron chi connectivity index (χ3n) is 4.41. The van der Waals surface area contributed by atoms with E-state index in [1.807, 2.05) is 24.0 Å². The lowest BCUT2D eigenvalue weighted by atomic mass is 10.1. The molecule has 5 heteroatoms. The van der Waals surface area contributed by atoms with Crippen molar-refractivity contribution in [2.24, 2.45) is 0 Å². The molecular formula is C19H23F2N3. The Labute approximate surface area is 141 Å². The van der Waals surface area contributed by atoms with Crippen molar-refractivity contribution in [2.75, 3.05) is 18.0 Å². The zero-order valence-electron chi connectivity index (χ0n) is 14.0. The zero-order chi connectivity index (χ0) is 17.0. The van der Waals surface area contributed by atoms with E-state index in [9.17, 15) is 8.78 Å². The van der Waals surface area contributed by atoms with E-state index in [4.69, 9.17) is 0 Å². The van der Waals surface area contributed by atoms with Crippen molar-refractivity contribution in [3.63, 3.8) is 0 Å². The van der Waals surface area contributed by atoms with Crippen LogP contribution in [0.1, 0.15) is 36.2 Å². The van der Waals surface area contributed by atoms with E-state index in [0.29, 0.717) is 19.0 Å². The molecule has 0 amide bonds. The van der Waals surface area contributed by atoms with Crippen LogP contribution in [0.2, 0.25) is 0 Å². The fourth-order valence-electron chi connectivity index (χ4n) is 3.04. The molecule has 0 spiro atoms. The highest BCUT2D eigenvalue weighted by atomic mass is 19.3. The Bertz CT molecular complexity index is 664. The highest BCUT2D eigenvalue weighted by molar-refractivity contribution is 5.33. The first-order chi connectivity index (χ1) is 11.5. The van der Waals surface area contributed by atoms with Crippen LogP contribution in [0, 0.1) is 6.92 Å². The smallest absolute Gasteiger partial charge is 0.251 e. The zero-order valence-corrected chi connectivity index (χ0v) is 14.0. The van der Waals surface area contributed by atoms with Crippen molar-refractivity contribution in [2.45, 2.75) is 45.0 Å². The first-order valence-electron chi connectivity index (χ1n) is 8.53. The van der Waals surface area contributed by atoms with Crippen LogP contribution in [0.25, 0.3) is 0 Å². The molecule has 3 rings (SSSR count). The molecule has 0 atom stereocenters. The summed E-state index contributed by atoms with van der Waals surface area (Å²) in [4.78, 5) is 10.9. The van der Waals surface area contributed by atoms with Crippen molar-refractivity contribution in [1.82, 2.24) is 9.97 Å². The lowest BCUT2D eigenvalue weighted by Crippen LogP contribution is -2.40. The number of halogens is 2. The van der Waals surface area contributed by atoms with Crippen molar-refractivity contribution in [1.29, 1.82) is 0 Å².